The zero-order valence-electron chi connectivity index (χ0n) is 16.3. The van der Waals surface area contributed by atoms with Crippen LogP contribution in [0, 0.1) is 5.92 Å². The molecule has 0 radical (unpaired) electrons. The third kappa shape index (κ3) is 5.49. The summed E-state index contributed by atoms with van der Waals surface area (Å²) < 4.78 is 5.87. The fourth-order valence-electron chi connectivity index (χ4n) is 4.01. The van der Waals surface area contributed by atoms with Gasteiger partial charge in [-0.25, -0.2) is 4.98 Å². The third-order valence-electron chi connectivity index (χ3n) is 5.61. The van der Waals surface area contributed by atoms with E-state index in [1.807, 2.05) is 6.07 Å². The van der Waals surface area contributed by atoms with Gasteiger partial charge in [-0.1, -0.05) is 50.3 Å². The molecule has 1 aliphatic carbocycles. The molecule has 0 spiro atoms. The second-order valence-corrected chi connectivity index (χ2v) is 7.55. The Morgan fingerprint density at radius 1 is 0.964 bits per heavy atom. The lowest BCUT2D eigenvalue weighted by atomic mass is 9.87. The molecule has 0 bridgehead atoms. The van der Waals surface area contributed by atoms with E-state index in [0.29, 0.717) is 6.61 Å². The number of nitrogens with one attached hydrogen (secondary N) is 2. The Bertz CT molecular complexity index is 840. The van der Waals surface area contributed by atoms with Crippen molar-refractivity contribution in [3.05, 3.63) is 48.8 Å². The molecule has 1 aliphatic rings. The Hall–Kier alpha value is -2.04. The molecule has 2 N–H and O–H groups in total. The average molecular weight is 400 g/mol. The Labute approximate surface area is 173 Å². The minimum atomic E-state index is 0. The molecule has 4 rings (SSSR count). The lowest BCUT2D eigenvalue weighted by Crippen LogP contribution is -2.24. The van der Waals surface area contributed by atoms with E-state index in [1.54, 1.807) is 6.33 Å². The largest absolute Gasteiger partial charge is 0.492 e. The zero-order valence-corrected chi connectivity index (χ0v) is 17.1. The molecule has 4 nitrogen and oxygen atoms in total. The maximum atomic E-state index is 5.87. The number of halogens is 1. The Kier molecular flexibility index (Phi) is 7.75. The van der Waals surface area contributed by atoms with Gasteiger partial charge in [-0.15, -0.1) is 12.4 Å². The quantitative estimate of drug-likeness (QED) is 0.485. The van der Waals surface area contributed by atoms with E-state index in [2.05, 4.69) is 51.7 Å². The molecule has 0 amide bonds. The highest BCUT2D eigenvalue weighted by Gasteiger charge is 2.12. The molecule has 0 saturated heterocycles. The van der Waals surface area contributed by atoms with Crippen molar-refractivity contribution in [1.29, 1.82) is 0 Å². The van der Waals surface area contributed by atoms with Gasteiger partial charge < -0.3 is 15.0 Å². The molecule has 150 valence electrons. The van der Waals surface area contributed by atoms with Crippen LogP contribution < -0.4 is 10.1 Å². The summed E-state index contributed by atoms with van der Waals surface area (Å²) in [6.07, 6.45) is 10.2. The van der Waals surface area contributed by atoms with Crippen molar-refractivity contribution in [3.63, 3.8) is 0 Å². The highest BCUT2D eigenvalue weighted by Crippen LogP contribution is 2.26. The molecule has 1 fully saturated rings. The summed E-state index contributed by atoms with van der Waals surface area (Å²) in [4.78, 5) is 7.43. The summed E-state index contributed by atoms with van der Waals surface area (Å²) in [5.74, 6) is 1.87. The molecular weight excluding hydrogens is 370 g/mol. The number of hydrogen-bond acceptors (Lipinski definition) is 3. The van der Waals surface area contributed by atoms with Crippen molar-refractivity contribution >= 4 is 23.4 Å². The molecule has 0 aliphatic heterocycles. The number of rotatable bonds is 8. The summed E-state index contributed by atoms with van der Waals surface area (Å²) >= 11 is 0. The van der Waals surface area contributed by atoms with Crippen molar-refractivity contribution in [2.75, 3.05) is 19.7 Å². The van der Waals surface area contributed by atoms with Gasteiger partial charge >= 0.3 is 0 Å². The van der Waals surface area contributed by atoms with E-state index in [1.165, 1.54) is 49.7 Å². The normalized spacial score (nSPS) is 14.7. The first-order valence-corrected chi connectivity index (χ1v) is 10.3. The topological polar surface area (TPSA) is 49.9 Å². The molecule has 5 heteroatoms. The lowest BCUT2D eigenvalue weighted by molar-refractivity contribution is 0.301. The van der Waals surface area contributed by atoms with Gasteiger partial charge in [-0.2, -0.15) is 0 Å². The molecule has 1 saturated carbocycles. The summed E-state index contributed by atoms with van der Waals surface area (Å²) in [6, 6.07) is 14.6. The van der Waals surface area contributed by atoms with Gasteiger partial charge in [0.15, 0.2) is 0 Å². The van der Waals surface area contributed by atoms with E-state index >= 15 is 0 Å². The van der Waals surface area contributed by atoms with Crippen molar-refractivity contribution in [3.8, 4) is 16.9 Å². The number of aromatic nitrogens is 2. The van der Waals surface area contributed by atoms with Gasteiger partial charge in [-0.05, 0) is 54.3 Å². The van der Waals surface area contributed by atoms with Gasteiger partial charge in [0, 0.05) is 6.54 Å². The predicted octanol–water partition coefficient (Wildman–Crippen LogP) is 5.59. The van der Waals surface area contributed by atoms with Crippen LogP contribution in [0.3, 0.4) is 0 Å². The van der Waals surface area contributed by atoms with Crippen LogP contribution >= 0.6 is 12.4 Å². The minimum absolute atomic E-state index is 0. The van der Waals surface area contributed by atoms with Gasteiger partial charge in [0.05, 0.1) is 17.4 Å². The van der Waals surface area contributed by atoms with Crippen LogP contribution in [-0.2, 0) is 0 Å². The highest BCUT2D eigenvalue weighted by atomic mass is 35.5. The van der Waals surface area contributed by atoms with Crippen LogP contribution in [0.15, 0.2) is 48.8 Å². The summed E-state index contributed by atoms with van der Waals surface area (Å²) in [7, 11) is 0. The first-order valence-electron chi connectivity index (χ1n) is 10.3. The molecular formula is C23H30ClN3O. The van der Waals surface area contributed by atoms with Crippen LogP contribution in [0.4, 0.5) is 0 Å². The van der Waals surface area contributed by atoms with Gasteiger partial charge in [0.1, 0.15) is 12.4 Å². The number of hydrogen-bond donors (Lipinski definition) is 2. The second kappa shape index (κ2) is 10.5. The average Bonchev–Trinajstić information content (AvgIpc) is 3.20. The molecule has 1 aromatic heterocycles. The van der Waals surface area contributed by atoms with E-state index in [-0.39, 0.29) is 12.4 Å². The Morgan fingerprint density at radius 3 is 2.57 bits per heavy atom. The van der Waals surface area contributed by atoms with Crippen molar-refractivity contribution < 1.29 is 4.74 Å². The summed E-state index contributed by atoms with van der Waals surface area (Å²) in [6.45, 7) is 2.73. The highest BCUT2D eigenvalue weighted by molar-refractivity contribution is 5.85. The Morgan fingerprint density at radius 2 is 1.75 bits per heavy atom. The molecule has 3 aromatic rings. The van der Waals surface area contributed by atoms with Gasteiger partial charge in [-0.3, -0.25) is 0 Å². The van der Waals surface area contributed by atoms with Crippen LogP contribution in [0.25, 0.3) is 22.2 Å². The van der Waals surface area contributed by atoms with Crippen LogP contribution in [0.5, 0.6) is 5.75 Å². The maximum Gasteiger partial charge on any atom is 0.119 e. The number of benzene rings is 2. The number of imidazole rings is 1. The fourth-order valence-corrected chi connectivity index (χ4v) is 4.01. The summed E-state index contributed by atoms with van der Waals surface area (Å²) in [5.41, 5.74) is 4.42. The predicted molar refractivity (Wildman–Crippen MR) is 118 cm³/mol. The smallest absolute Gasteiger partial charge is 0.119 e. The van der Waals surface area contributed by atoms with Gasteiger partial charge in [0.2, 0.25) is 0 Å². The number of fused-ring (bicyclic) bond motifs is 1. The molecule has 28 heavy (non-hydrogen) atoms. The van der Waals surface area contributed by atoms with Crippen LogP contribution in [0.2, 0.25) is 0 Å². The van der Waals surface area contributed by atoms with E-state index in [4.69, 9.17) is 4.74 Å². The standard InChI is InChI=1S/C23H29N3O.ClH/c1-2-4-18(5-3-1)12-13-24-14-15-27-21-9-6-19(7-10-21)20-8-11-22-23(16-20)26-17-25-22;/h6-11,16-18,24H,1-5,12-15H2,(H,25,26);1H. The fraction of sp³-hybridized carbons (Fsp3) is 0.435. The number of aromatic amines is 1. The third-order valence-corrected chi connectivity index (χ3v) is 5.61. The minimum Gasteiger partial charge on any atom is -0.492 e. The summed E-state index contributed by atoms with van der Waals surface area (Å²) in [5, 5.41) is 3.52. The van der Waals surface area contributed by atoms with E-state index in [0.717, 1.165) is 35.8 Å². The maximum absolute atomic E-state index is 5.87. The Balaban J connectivity index is 0.00000225. The van der Waals surface area contributed by atoms with E-state index < -0.39 is 0 Å². The second-order valence-electron chi connectivity index (χ2n) is 7.55. The van der Waals surface area contributed by atoms with Gasteiger partial charge in [0.25, 0.3) is 0 Å². The zero-order chi connectivity index (χ0) is 18.3. The molecule has 1 heterocycles. The van der Waals surface area contributed by atoms with Crippen molar-refractivity contribution in [1.82, 2.24) is 15.3 Å². The first-order chi connectivity index (χ1) is 13.4. The molecule has 0 atom stereocenters. The first kappa shape index (κ1) is 20.7. The SMILES string of the molecule is Cl.c1nc2ccc(-c3ccc(OCCNCCC4CCCCC4)cc3)cc2[nH]1. The number of ether oxygens (including phenoxy) is 1. The molecule has 0 unspecified atom stereocenters. The molecule has 2 aromatic carbocycles. The van der Waals surface area contributed by atoms with Crippen molar-refractivity contribution in [2.24, 2.45) is 5.92 Å². The van der Waals surface area contributed by atoms with E-state index in [9.17, 15) is 0 Å². The lowest BCUT2D eigenvalue weighted by Gasteiger charge is -2.21. The number of H-pyrrole nitrogens is 1. The monoisotopic (exact) mass is 399 g/mol. The van der Waals surface area contributed by atoms with Crippen LogP contribution in [0.1, 0.15) is 38.5 Å². The van der Waals surface area contributed by atoms with Crippen molar-refractivity contribution in [2.45, 2.75) is 38.5 Å². The van der Waals surface area contributed by atoms with Crippen LogP contribution in [-0.4, -0.2) is 29.7 Å². The number of nitrogens with zero attached hydrogens (tertiary/aromatic N) is 1.